The van der Waals surface area contributed by atoms with E-state index in [1.54, 1.807) is 0 Å². The Morgan fingerprint density at radius 1 is 1.12 bits per heavy atom. The van der Waals surface area contributed by atoms with Crippen LogP contribution in [0.2, 0.25) is 0 Å². The first-order valence-electron chi connectivity index (χ1n) is 5.85. The predicted octanol–water partition coefficient (Wildman–Crippen LogP) is 3.36. The molecule has 0 radical (unpaired) electrons. The monoisotopic (exact) mass is 212 g/mol. The lowest BCUT2D eigenvalue weighted by molar-refractivity contribution is 0.388. The maximum Gasteiger partial charge on any atom is 0.110 e. The SMILES string of the molecule is C=C1CCc2ccccc2C(=C)C2OC2C1. The van der Waals surface area contributed by atoms with Crippen LogP contribution in [-0.4, -0.2) is 12.2 Å². The minimum absolute atomic E-state index is 0.232. The van der Waals surface area contributed by atoms with Crippen LogP contribution in [0.15, 0.2) is 43.0 Å². The Morgan fingerprint density at radius 3 is 2.81 bits per heavy atom. The summed E-state index contributed by atoms with van der Waals surface area (Å²) in [6, 6.07) is 8.52. The molecular weight excluding hydrogens is 196 g/mol. The summed E-state index contributed by atoms with van der Waals surface area (Å²) in [5.74, 6) is 0. The molecule has 82 valence electrons. The van der Waals surface area contributed by atoms with E-state index in [-0.39, 0.29) is 6.10 Å². The highest BCUT2D eigenvalue weighted by atomic mass is 16.6. The highest BCUT2D eigenvalue weighted by molar-refractivity contribution is 5.72. The second-order valence-electron chi connectivity index (χ2n) is 4.73. The Bertz CT molecular complexity index is 458. The van der Waals surface area contributed by atoms with Gasteiger partial charge >= 0.3 is 0 Å². The van der Waals surface area contributed by atoms with E-state index in [4.69, 9.17) is 4.74 Å². The highest BCUT2D eigenvalue weighted by Gasteiger charge is 2.42. The first-order chi connectivity index (χ1) is 7.75. The van der Waals surface area contributed by atoms with Gasteiger partial charge in [-0.25, -0.2) is 0 Å². The zero-order valence-corrected chi connectivity index (χ0v) is 9.41. The van der Waals surface area contributed by atoms with E-state index in [1.807, 2.05) is 0 Å². The predicted molar refractivity (Wildman–Crippen MR) is 66.2 cm³/mol. The molecule has 1 fully saturated rings. The van der Waals surface area contributed by atoms with Crippen LogP contribution in [0.3, 0.4) is 0 Å². The van der Waals surface area contributed by atoms with Crippen LogP contribution < -0.4 is 0 Å². The number of benzene rings is 1. The van der Waals surface area contributed by atoms with Crippen molar-refractivity contribution in [2.45, 2.75) is 31.5 Å². The van der Waals surface area contributed by atoms with Gasteiger partial charge in [0.1, 0.15) is 6.10 Å². The molecule has 1 nitrogen and oxygen atoms in total. The van der Waals surface area contributed by atoms with E-state index in [9.17, 15) is 0 Å². The first kappa shape index (κ1) is 9.86. The Labute approximate surface area is 96.4 Å². The summed E-state index contributed by atoms with van der Waals surface area (Å²) in [5.41, 5.74) is 5.11. The van der Waals surface area contributed by atoms with Gasteiger partial charge in [0.15, 0.2) is 0 Å². The molecule has 0 bridgehead atoms. The first-order valence-corrected chi connectivity index (χ1v) is 5.85. The molecular formula is C15H16O. The number of aryl methyl sites for hydroxylation is 1. The molecule has 3 rings (SSSR count). The summed E-state index contributed by atoms with van der Waals surface area (Å²) in [6.45, 7) is 8.31. The summed E-state index contributed by atoms with van der Waals surface area (Å²) in [6.07, 6.45) is 3.71. The third-order valence-corrected chi connectivity index (χ3v) is 3.53. The molecule has 2 atom stereocenters. The van der Waals surface area contributed by atoms with Crippen molar-refractivity contribution < 1.29 is 4.74 Å². The normalized spacial score (nSPS) is 28.5. The fourth-order valence-electron chi connectivity index (χ4n) is 2.51. The second kappa shape index (κ2) is 3.60. The third-order valence-electron chi connectivity index (χ3n) is 3.53. The number of ether oxygens (including phenoxy) is 1. The van der Waals surface area contributed by atoms with E-state index in [1.165, 1.54) is 16.7 Å². The standard InChI is InChI=1S/C15H16O/c1-10-7-8-12-5-3-4-6-13(12)11(2)15-14(9-10)16-15/h3-6,14-15H,1-2,7-9H2. The van der Waals surface area contributed by atoms with E-state index in [2.05, 4.69) is 37.4 Å². The zero-order valence-electron chi connectivity index (χ0n) is 9.41. The Hall–Kier alpha value is -1.34. The summed E-state index contributed by atoms with van der Waals surface area (Å²) in [7, 11) is 0. The molecule has 1 saturated heterocycles. The molecule has 0 saturated carbocycles. The van der Waals surface area contributed by atoms with Gasteiger partial charge in [-0.3, -0.25) is 0 Å². The van der Waals surface area contributed by atoms with Crippen molar-refractivity contribution in [1.29, 1.82) is 0 Å². The van der Waals surface area contributed by atoms with Gasteiger partial charge in [0.05, 0.1) is 6.10 Å². The summed E-state index contributed by atoms with van der Waals surface area (Å²) >= 11 is 0. The maximum atomic E-state index is 5.67. The molecule has 1 aromatic rings. The van der Waals surface area contributed by atoms with Crippen molar-refractivity contribution in [3.05, 3.63) is 54.1 Å². The van der Waals surface area contributed by atoms with Crippen LogP contribution in [-0.2, 0) is 11.2 Å². The fourth-order valence-corrected chi connectivity index (χ4v) is 2.51. The number of fused-ring (bicyclic) bond motifs is 2. The van der Waals surface area contributed by atoms with Crippen molar-refractivity contribution >= 4 is 5.57 Å². The van der Waals surface area contributed by atoms with Gasteiger partial charge < -0.3 is 4.74 Å². The summed E-state index contributed by atoms with van der Waals surface area (Å²) in [5, 5.41) is 0. The van der Waals surface area contributed by atoms with E-state index in [0.717, 1.165) is 24.8 Å². The van der Waals surface area contributed by atoms with E-state index >= 15 is 0 Å². The molecule has 2 aliphatic rings. The van der Waals surface area contributed by atoms with Crippen molar-refractivity contribution in [3.8, 4) is 0 Å². The van der Waals surface area contributed by atoms with Gasteiger partial charge in [-0.1, -0.05) is 43.0 Å². The van der Waals surface area contributed by atoms with Crippen molar-refractivity contribution in [1.82, 2.24) is 0 Å². The van der Waals surface area contributed by atoms with Crippen LogP contribution in [0.5, 0.6) is 0 Å². The summed E-state index contributed by atoms with van der Waals surface area (Å²) < 4.78 is 5.67. The number of rotatable bonds is 0. The van der Waals surface area contributed by atoms with E-state index in [0.29, 0.717) is 6.10 Å². The molecule has 1 aromatic carbocycles. The Morgan fingerprint density at radius 2 is 1.94 bits per heavy atom. The number of hydrogen-bond donors (Lipinski definition) is 0. The van der Waals surface area contributed by atoms with Gasteiger partial charge in [-0.05, 0) is 36.0 Å². The molecule has 0 amide bonds. The molecule has 0 aromatic heterocycles. The van der Waals surface area contributed by atoms with Crippen LogP contribution >= 0.6 is 0 Å². The van der Waals surface area contributed by atoms with Crippen LogP contribution in [0.25, 0.3) is 5.57 Å². The topological polar surface area (TPSA) is 12.5 Å². The minimum Gasteiger partial charge on any atom is -0.364 e. The van der Waals surface area contributed by atoms with Gasteiger partial charge in [-0.15, -0.1) is 0 Å². The van der Waals surface area contributed by atoms with Crippen molar-refractivity contribution in [2.75, 3.05) is 0 Å². The van der Waals surface area contributed by atoms with Gasteiger partial charge in [0.25, 0.3) is 0 Å². The minimum atomic E-state index is 0.232. The summed E-state index contributed by atoms with van der Waals surface area (Å²) in [4.78, 5) is 0. The lowest BCUT2D eigenvalue weighted by Gasteiger charge is -2.09. The molecule has 1 heterocycles. The third kappa shape index (κ3) is 1.61. The molecule has 1 heteroatoms. The highest BCUT2D eigenvalue weighted by Crippen LogP contribution is 2.40. The molecule has 0 N–H and O–H groups in total. The van der Waals surface area contributed by atoms with Gasteiger partial charge in [0, 0.05) is 0 Å². The second-order valence-corrected chi connectivity index (χ2v) is 4.73. The molecule has 2 unspecified atom stereocenters. The van der Waals surface area contributed by atoms with Crippen molar-refractivity contribution in [2.24, 2.45) is 0 Å². The largest absolute Gasteiger partial charge is 0.364 e. The number of epoxide rings is 1. The Balaban J connectivity index is 2.01. The lowest BCUT2D eigenvalue weighted by Crippen LogP contribution is -1.98. The maximum absolute atomic E-state index is 5.67. The fraction of sp³-hybridized carbons (Fsp3) is 0.333. The molecule has 1 aliphatic heterocycles. The molecule has 16 heavy (non-hydrogen) atoms. The lowest BCUT2D eigenvalue weighted by atomic mass is 9.96. The van der Waals surface area contributed by atoms with Crippen LogP contribution in [0.4, 0.5) is 0 Å². The average Bonchev–Trinajstić information content (AvgIpc) is 3.04. The average molecular weight is 212 g/mol. The Kier molecular flexibility index (Phi) is 2.22. The van der Waals surface area contributed by atoms with Gasteiger partial charge in [0.2, 0.25) is 0 Å². The van der Waals surface area contributed by atoms with Crippen LogP contribution in [0, 0.1) is 0 Å². The smallest absolute Gasteiger partial charge is 0.110 e. The number of hydrogen-bond acceptors (Lipinski definition) is 1. The van der Waals surface area contributed by atoms with E-state index < -0.39 is 0 Å². The molecule has 1 aliphatic carbocycles. The quantitative estimate of drug-likeness (QED) is 0.474. The van der Waals surface area contributed by atoms with Gasteiger partial charge in [-0.2, -0.15) is 0 Å². The van der Waals surface area contributed by atoms with Crippen LogP contribution in [0.1, 0.15) is 24.0 Å². The van der Waals surface area contributed by atoms with Crippen molar-refractivity contribution in [3.63, 3.8) is 0 Å². The zero-order chi connectivity index (χ0) is 11.1. The molecule has 0 spiro atoms.